The minimum absolute atomic E-state index is 0.709. The van der Waals surface area contributed by atoms with Crippen LogP contribution in [0.5, 0.6) is 5.75 Å². The molecule has 0 saturated carbocycles. The molecule has 2 fully saturated rings. The van der Waals surface area contributed by atoms with Gasteiger partial charge in [0.05, 0.1) is 7.11 Å². The first-order valence-corrected chi connectivity index (χ1v) is 7.97. The quantitative estimate of drug-likeness (QED) is 0.892. The van der Waals surface area contributed by atoms with Gasteiger partial charge in [0.2, 0.25) is 0 Å². The summed E-state index contributed by atoms with van der Waals surface area (Å²) in [6.45, 7) is 3.68. The van der Waals surface area contributed by atoms with Crippen LogP contribution >= 0.6 is 0 Å². The average molecular weight is 274 g/mol. The topological polar surface area (TPSA) is 24.5 Å². The number of fused-ring (bicyclic) bond motifs is 1. The third-order valence-electron chi connectivity index (χ3n) is 4.81. The molecule has 0 bridgehead atoms. The van der Waals surface area contributed by atoms with Crippen LogP contribution in [0.25, 0.3) is 0 Å². The Labute approximate surface area is 122 Å². The summed E-state index contributed by atoms with van der Waals surface area (Å²) in [4.78, 5) is 2.69. The summed E-state index contributed by atoms with van der Waals surface area (Å²) in [5.74, 6) is 0.960. The first kappa shape index (κ1) is 13.9. The van der Waals surface area contributed by atoms with Gasteiger partial charge in [-0.05, 0) is 56.5 Å². The van der Waals surface area contributed by atoms with Crippen LogP contribution in [0.1, 0.15) is 31.2 Å². The SMILES string of the molecule is COc1cccc(CCNC2CCN3CCCCC23)c1. The Morgan fingerprint density at radius 2 is 2.20 bits per heavy atom. The van der Waals surface area contributed by atoms with Gasteiger partial charge in [0.15, 0.2) is 0 Å². The molecule has 0 spiro atoms. The third kappa shape index (κ3) is 3.15. The molecule has 3 rings (SSSR count). The van der Waals surface area contributed by atoms with Gasteiger partial charge in [-0.3, -0.25) is 4.90 Å². The number of ether oxygens (including phenoxy) is 1. The predicted octanol–water partition coefficient (Wildman–Crippen LogP) is 2.45. The molecule has 0 aromatic heterocycles. The van der Waals surface area contributed by atoms with Gasteiger partial charge in [-0.15, -0.1) is 0 Å². The highest BCUT2D eigenvalue weighted by Gasteiger charge is 2.34. The molecule has 1 aromatic carbocycles. The number of benzene rings is 1. The van der Waals surface area contributed by atoms with Crippen LogP contribution in [0.4, 0.5) is 0 Å². The molecule has 2 unspecified atom stereocenters. The van der Waals surface area contributed by atoms with Crippen LogP contribution in [-0.2, 0) is 6.42 Å². The first-order chi connectivity index (χ1) is 9.86. The summed E-state index contributed by atoms with van der Waals surface area (Å²) < 4.78 is 5.28. The fraction of sp³-hybridized carbons (Fsp3) is 0.647. The lowest BCUT2D eigenvalue weighted by Crippen LogP contribution is -2.45. The van der Waals surface area contributed by atoms with Crippen molar-refractivity contribution in [3.05, 3.63) is 29.8 Å². The Balaban J connectivity index is 1.47. The molecular formula is C17H26N2O. The zero-order valence-corrected chi connectivity index (χ0v) is 12.5. The van der Waals surface area contributed by atoms with E-state index >= 15 is 0 Å². The number of hydrogen-bond acceptors (Lipinski definition) is 3. The van der Waals surface area contributed by atoms with E-state index in [1.54, 1.807) is 7.11 Å². The molecule has 1 aromatic rings. The molecule has 2 aliphatic rings. The highest BCUT2D eigenvalue weighted by molar-refractivity contribution is 5.28. The number of nitrogens with one attached hydrogen (secondary N) is 1. The molecule has 20 heavy (non-hydrogen) atoms. The molecule has 1 N–H and O–H groups in total. The van der Waals surface area contributed by atoms with Gasteiger partial charge in [-0.1, -0.05) is 18.6 Å². The summed E-state index contributed by atoms with van der Waals surface area (Å²) in [5.41, 5.74) is 1.36. The van der Waals surface area contributed by atoms with Crippen molar-refractivity contribution in [3.8, 4) is 5.75 Å². The van der Waals surface area contributed by atoms with Crippen LogP contribution in [0.2, 0.25) is 0 Å². The Bertz CT molecular complexity index is 435. The van der Waals surface area contributed by atoms with Crippen molar-refractivity contribution < 1.29 is 4.74 Å². The maximum Gasteiger partial charge on any atom is 0.119 e. The fourth-order valence-electron chi connectivity index (χ4n) is 3.72. The van der Waals surface area contributed by atoms with Gasteiger partial charge in [-0.25, -0.2) is 0 Å². The highest BCUT2D eigenvalue weighted by atomic mass is 16.5. The maximum atomic E-state index is 5.28. The molecule has 0 radical (unpaired) electrons. The predicted molar refractivity (Wildman–Crippen MR) is 82.3 cm³/mol. The van der Waals surface area contributed by atoms with Gasteiger partial charge >= 0.3 is 0 Å². The van der Waals surface area contributed by atoms with E-state index in [4.69, 9.17) is 4.74 Å². The second kappa shape index (κ2) is 6.59. The van der Waals surface area contributed by atoms with E-state index in [9.17, 15) is 0 Å². The van der Waals surface area contributed by atoms with E-state index in [0.717, 1.165) is 24.8 Å². The monoisotopic (exact) mass is 274 g/mol. The number of methoxy groups -OCH3 is 1. The maximum absolute atomic E-state index is 5.28. The lowest BCUT2D eigenvalue weighted by molar-refractivity contribution is 0.181. The largest absolute Gasteiger partial charge is 0.497 e. The number of piperidine rings is 1. The average Bonchev–Trinajstić information content (AvgIpc) is 2.91. The fourth-order valence-corrected chi connectivity index (χ4v) is 3.72. The van der Waals surface area contributed by atoms with Gasteiger partial charge in [0.25, 0.3) is 0 Å². The van der Waals surface area contributed by atoms with Crippen LogP contribution in [-0.4, -0.2) is 43.7 Å². The van der Waals surface area contributed by atoms with Crippen molar-refractivity contribution in [2.45, 2.75) is 44.2 Å². The molecule has 2 heterocycles. The molecule has 2 saturated heterocycles. The Kier molecular flexibility index (Phi) is 4.58. The van der Waals surface area contributed by atoms with Gasteiger partial charge in [-0.2, -0.15) is 0 Å². The van der Waals surface area contributed by atoms with E-state index in [1.807, 2.05) is 6.07 Å². The number of rotatable bonds is 5. The van der Waals surface area contributed by atoms with Crippen LogP contribution in [0.15, 0.2) is 24.3 Å². The minimum Gasteiger partial charge on any atom is -0.497 e. The standard InChI is InChI=1S/C17H26N2O/c1-20-15-6-4-5-14(13-15)8-10-18-16-9-12-19-11-3-2-7-17(16)19/h4-6,13,16-18H,2-3,7-12H2,1H3. The summed E-state index contributed by atoms with van der Waals surface area (Å²) in [6, 6.07) is 9.92. The summed E-state index contributed by atoms with van der Waals surface area (Å²) in [5, 5.41) is 3.78. The molecule has 0 aliphatic carbocycles. The van der Waals surface area contributed by atoms with Crippen molar-refractivity contribution in [3.63, 3.8) is 0 Å². The van der Waals surface area contributed by atoms with Crippen molar-refractivity contribution in [1.29, 1.82) is 0 Å². The normalized spacial score (nSPS) is 26.4. The Morgan fingerprint density at radius 3 is 3.10 bits per heavy atom. The second-order valence-electron chi connectivity index (χ2n) is 6.05. The zero-order valence-electron chi connectivity index (χ0n) is 12.5. The van der Waals surface area contributed by atoms with E-state index in [2.05, 4.69) is 28.4 Å². The van der Waals surface area contributed by atoms with Crippen molar-refractivity contribution >= 4 is 0 Å². The number of hydrogen-bond donors (Lipinski definition) is 1. The lowest BCUT2D eigenvalue weighted by Gasteiger charge is -2.32. The van der Waals surface area contributed by atoms with Crippen LogP contribution in [0, 0.1) is 0 Å². The number of nitrogens with zero attached hydrogens (tertiary/aromatic N) is 1. The van der Waals surface area contributed by atoms with E-state index in [1.165, 1.54) is 44.3 Å². The second-order valence-corrected chi connectivity index (χ2v) is 6.05. The lowest BCUT2D eigenvalue weighted by atomic mass is 9.99. The molecule has 2 atom stereocenters. The Hall–Kier alpha value is -1.06. The first-order valence-electron chi connectivity index (χ1n) is 7.97. The highest BCUT2D eigenvalue weighted by Crippen LogP contribution is 2.27. The molecule has 110 valence electrons. The van der Waals surface area contributed by atoms with E-state index in [-0.39, 0.29) is 0 Å². The summed E-state index contributed by atoms with van der Waals surface area (Å²) in [7, 11) is 1.73. The molecule has 3 heteroatoms. The van der Waals surface area contributed by atoms with Gasteiger partial charge in [0.1, 0.15) is 5.75 Å². The molecule has 3 nitrogen and oxygen atoms in total. The molecule has 0 amide bonds. The summed E-state index contributed by atoms with van der Waals surface area (Å²) >= 11 is 0. The zero-order chi connectivity index (χ0) is 13.8. The van der Waals surface area contributed by atoms with E-state index < -0.39 is 0 Å². The Morgan fingerprint density at radius 1 is 1.25 bits per heavy atom. The minimum atomic E-state index is 0.709. The smallest absolute Gasteiger partial charge is 0.119 e. The molecule has 2 aliphatic heterocycles. The van der Waals surface area contributed by atoms with Crippen molar-refractivity contribution in [1.82, 2.24) is 10.2 Å². The van der Waals surface area contributed by atoms with Crippen LogP contribution < -0.4 is 10.1 Å². The van der Waals surface area contributed by atoms with Gasteiger partial charge in [0, 0.05) is 18.6 Å². The van der Waals surface area contributed by atoms with Crippen molar-refractivity contribution in [2.24, 2.45) is 0 Å². The third-order valence-corrected chi connectivity index (χ3v) is 4.81. The summed E-state index contributed by atoms with van der Waals surface area (Å²) in [6.07, 6.45) is 6.60. The molecular weight excluding hydrogens is 248 g/mol. The van der Waals surface area contributed by atoms with Gasteiger partial charge < -0.3 is 10.1 Å². The van der Waals surface area contributed by atoms with E-state index in [0.29, 0.717) is 6.04 Å². The van der Waals surface area contributed by atoms with Crippen molar-refractivity contribution in [2.75, 3.05) is 26.7 Å². The van der Waals surface area contributed by atoms with Crippen LogP contribution in [0.3, 0.4) is 0 Å².